The third-order valence-corrected chi connectivity index (χ3v) is 4.06. The van der Waals surface area contributed by atoms with Crippen molar-refractivity contribution in [1.82, 2.24) is 10.6 Å². The maximum Gasteiger partial charge on any atom is 0.250 e. The molecule has 2 atom stereocenters. The van der Waals surface area contributed by atoms with E-state index in [-0.39, 0.29) is 18.1 Å². The van der Waals surface area contributed by atoms with E-state index in [1.165, 1.54) is 5.56 Å². The lowest BCUT2D eigenvalue weighted by Gasteiger charge is -2.28. The zero-order valence-corrected chi connectivity index (χ0v) is 13.9. The third kappa shape index (κ3) is 4.55. The summed E-state index contributed by atoms with van der Waals surface area (Å²) in [6.45, 7) is 8.44. The van der Waals surface area contributed by atoms with E-state index in [0.717, 1.165) is 24.9 Å². The number of carbonyl (C=O) groups is 1. The Morgan fingerprint density at radius 1 is 1.36 bits per heavy atom. The van der Waals surface area contributed by atoms with Gasteiger partial charge in [-0.1, -0.05) is 51.5 Å². The zero-order chi connectivity index (χ0) is 15.9. The van der Waals surface area contributed by atoms with Gasteiger partial charge in [0.25, 0.3) is 5.91 Å². The molecule has 1 aliphatic heterocycles. The summed E-state index contributed by atoms with van der Waals surface area (Å²) in [6.07, 6.45) is 1.87. The zero-order valence-electron chi connectivity index (χ0n) is 13.9. The Hall–Kier alpha value is -1.39. The molecular weight excluding hydrogens is 276 g/mol. The number of ether oxygens (including phenoxy) is 1. The Balaban J connectivity index is 2.03. The first-order chi connectivity index (χ1) is 10.6. The van der Waals surface area contributed by atoms with Gasteiger partial charge in [0, 0.05) is 13.1 Å². The molecule has 0 bridgehead atoms. The van der Waals surface area contributed by atoms with Gasteiger partial charge in [-0.2, -0.15) is 0 Å². The lowest BCUT2D eigenvalue weighted by atomic mass is 9.94. The fraction of sp³-hybridized carbons (Fsp3) is 0.611. The number of amides is 1. The number of rotatable bonds is 6. The molecule has 1 amide bonds. The molecule has 2 N–H and O–H groups in total. The van der Waals surface area contributed by atoms with E-state index < -0.39 is 0 Å². The number of hydrogen-bond donors (Lipinski definition) is 2. The monoisotopic (exact) mass is 304 g/mol. The largest absolute Gasteiger partial charge is 0.366 e. The molecule has 2 unspecified atom stereocenters. The van der Waals surface area contributed by atoms with E-state index in [0.29, 0.717) is 19.1 Å². The van der Waals surface area contributed by atoms with Gasteiger partial charge in [0.2, 0.25) is 0 Å². The molecule has 0 aliphatic carbocycles. The Bertz CT molecular complexity index is 464. The minimum atomic E-state index is -0.380. The summed E-state index contributed by atoms with van der Waals surface area (Å²) >= 11 is 0. The van der Waals surface area contributed by atoms with Crippen LogP contribution in [0.5, 0.6) is 0 Å². The van der Waals surface area contributed by atoms with Gasteiger partial charge in [-0.3, -0.25) is 4.79 Å². The van der Waals surface area contributed by atoms with Crippen molar-refractivity contribution in [1.29, 1.82) is 0 Å². The van der Waals surface area contributed by atoms with Crippen LogP contribution >= 0.6 is 0 Å². The number of hydrogen-bond acceptors (Lipinski definition) is 3. The summed E-state index contributed by atoms with van der Waals surface area (Å²) in [5.41, 5.74) is 2.51. The molecule has 2 rings (SSSR count). The first-order valence-corrected chi connectivity index (χ1v) is 8.33. The van der Waals surface area contributed by atoms with Gasteiger partial charge < -0.3 is 15.4 Å². The second-order valence-electron chi connectivity index (χ2n) is 6.29. The van der Waals surface area contributed by atoms with Crippen molar-refractivity contribution < 1.29 is 9.53 Å². The molecule has 1 aromatic carbocycles. The van der Waals surface area contributed by atoms with Crippen LogP contribution in [0, 0.1) is 5.92 Å². The van der Waals surface area contributed by atoms with E-state index in [1.807, 2.05) is 0 Å². The van der Waals surface area contributed by atoms with Crippen LogP contribution in [0.2, 0.25) is 0 Å². The second-order valence-corrected chi connectivity index (χ2v) is 6.29. The van der Waals surface area contributed by atoms with Crippen molar-refractivity contribution >= 4 is 5.91 Å². The molecule has 1 heterocycles. The van der Waals surface area contributed by atoms with E-state index in [1.54, 1.807) is 0 Å². The van der Waals surface area contributed by atoms with Crippen molar-refractivity contribution in [2.45, 2.75) is 45.8 Å². The molecule has 1 aromatic rings. The van der Waals surface area contributed by atoms with Gasteiger partial charge >= 0.3 is 0 Å². The lowest BCUT2D eigenvalue weighted by molar-refractivity contribution is -0.135. The predicted molar refractivity (Wildman–Crippen MR) is 88.8 cm³/mol. The van der Waals surface area contributed by atoms with Gasteiger partial charge in [0.1, 0.15) is 6.10 Å². The highest BCUT2D eigenvalue weighted by Crippen LogP contribution is 2.22. The molecule has 1 aliphatic rings. The summed E-state index contributed by atoms with van der Waals surface area (Å²) < 4.78 is 5.53. The minimum Gasteiger partial charge on any atom is -0.366 e. The molecule has 22 heavy (non-hydrogen) atoms. The van der Waals surface area contributed by atoms with Crippen LogP contribution in [0.4, 0.5) is 0 Å². The summed E-state index contributed by atoms with van der Waals surface area (Å²) in [4.78, 5) is 12.4. The minimum absolute atomic E-state index is 0.0219. The van der Waals surface area contributed by atoms with Crippen LogP contribution in [0.1, 0.15) is 44.4 Å². The topological polar surface area (TPSA) is 50.4 Å². The number of carbonyl (C=O) groups excluding carboxylic acids is 1. The van der Waals surface area contributed by atoms with Crippen LogP contribution in [-0.2, 0) is 16.0 Å². The predicted octanol–water partition coefficient (Wildman–Crippen LogP) is 2.44. The molecule has 0 radical (unpaired) electrons. The highest BCUT2D eigenvalue weighted by Gasteiger charge is 2.26. The van der Waals surface area contributed by atoms with E-state index >= 15 is 0 Å². The summed E-state index contributed by atoms with van der Waals surface area (Å²) in [6, 6.07) is 8.62. The van der Waals surface area contributed by atoms with E-state index in [2.05, 4.69) is 55.7 Å². The van der Waals surface area contributed by atoms with E-state index in [4.69, 9.17) is 4.74 Å². The lowest BCUT2D eigenvalue weighted by Crippen LogP contribution is -2.49. The van der Waals surface area contributed by atoms with Gasteiger partial charge in [-0.05, 0) is 23.5 Å². The molecular formula is C18H28N2O2. The average Bonchev–Trinajstić information content (AvgIpc) is 2.54. The number of benzene rings is 1. The Labute approximate surface area is 133 Å². The maximum absolute atomic E-state index is 12.4. The quantitative estimate of drug-likeness (QED) is 0.849. The first-order valence-electron chi connectivity index (χ1n) is 8.33. The number of nitrogens with one attached hydrogen (secondary N) is 2. The summed E-state index contributed by atoms with van der Waals surface area (Å²) in [5.74, 6) is 0.307. The average molecular weight is 304 g/mol. The standard InChI is InChI=1S/C18H28N2O2/c1-4-5-14-6-8-15(9-7-14)17(13(2)3)20-18(21)16-12-19-10-11-22-16/h6-9,13,16-17,19H,4-5,10-12H2,1-3H3,(H,20,21). The van der Waals surface area contributed by atoms with Gasteiger partial charge in [-0.25, -0.2) is 0 Å². The first kappa shape index (κ1) is 17.0. The molecule has 0 spiro atoms. The fourth-order valence-electron chi connectivity index (χ4n) is 2.80. The van der Waals surface area contributed by atoms with Crippen molar-refractivity contribution in [3.05, 3.63) is 35.4 Å². The van der Waals surface area contributed by atoms with Crippen LogP contribution in [0.15, 0.2) is 24.3 Å². The Morgan fingerprint density at radius 3 is 2.64 bits per heavy atom. The maximum atomic E-state index is 12.4. The molecule has 1 saturated heterocycles. The molecule has 1 fully saturated rings. The van der Waals surface area contributed by atoms with E-state index in [9.17, 15) is 4.79 Å². The Kier molecular flexibility index (Phi) is 6.40. The SMILES string of the molecule is CCCc1ccc(C(NC(=O)C2CNCCO2)C(C)C)cc1. The fourth-order valence-corrected chi connectivity index (χ4v) is 2.80. The van der Waals surface area contributed by atoms with Crippen molar-refractivity contribution in [3.63, 3.8) is 0 Å². The van der Waals surface area contributed by atoms with Crippen molar-refractivity contribution in [2.24, 2.45) is 5.92 Å². The van der Waals surface area contributed by atoms with Crippen LogP contribution in [0.3, 0.4) is 0 Å². The molecule has 4 nitrogen and oxygen atoms in total. The summed E-state index contributed by atoms with van der Waals surface area (Å²) in [7, 11) is 0. The smallest absolute Gasteiger partial charge is 0.250 e. The molecule has 0 saturated carbocycles. The second kappa shape index (κ2) is 8.30. The Morgan fingerprint density at radius 2 is 2.09 bits per heavy atom. The van der Waals surface area contributed by atoms with Gasteiger partial charge in [0.15, 0.2) is 0 Å². The van der Waals surface area contributed by atoms with Crippen LogP contribution in [0.25, 0.3) is 0 Å². The highest BCUT2D eigenvalue weighted by molar-refractivity contribution is 5.81. The van der Waals surface area contributed by atoms with Gasteiger partial charge in [-0.15, -0.1) is 0 Å². The molecule has 4 heteroatoms. The highest BCUT2D eigenvalue weighted by atomic mass is 16.5. The normalized spacial score (nSPS) is 19.9. The van der Waals surface area contributed by atoms with Crippen LogP contribution < -0.4 is 10.6 Å². The van der Waals surface area contributed by atoms with Crippen molar-refractivity contribution in [2.75, 3.05) is 19.7 Å². The van der Waals surface area contributed by atoms with Crippen molar-refractivity contribution in [3.8, 4) is 0 Å². The van der Waals surface area contributed by atoms with Gasteiger partial charge in [0.05, 0.1) is 12.6 Å². The summed E-state index contributed by atoms with van der Waals surface area (Å²) in [5, 5.41) is 6.34. The molecule has 122 valence electrons. The molecule has 0 aromatic heterocycles. The van der Waals surface area contributed by atoms with Crippen LogP contribution in [-0.4, -0.2) is 31.7 Å². The number of morpholine rings is 1. The number of aryl methyl sites for hydroxylation is 1. The third-order valence-electron chi connectivity index (χ3n) is 4.06.